The Morgan fingerprint density at radius 2 is 1.59 bits per heavy atom. The fourth-order valence-electron chi connectivity index (χ4n) is 6.55. The molecular weight excluding hydrogens is 394 g/mol. The smallest absolute Gasteiger partial charge is 0.144 e. The Hall–Kier alpha value is -1.42. The lowest BCUT2D eigenvalue weighted by molar-refractivity contribution is 0.0970. The van der Waals surface area contributed by atoms with Gasteiger partial charge >= 0.3 is 0 Å². The third-order valence-electron chi connectivity index (χ3n) is 7.60. The summed E-state index contributed by atoms with van der Waals surface area (Å²) in [6.45, 7) is 18.0. The zero-order valence-corrected chi connectivity index (χ0v) is 22.3. The summed E-state index contributed by atoms with van der Waals surface area (Å²) in [7, 11) is 6.07. The van der Waals surface area contributed by atoms with E-state index in [2.05, 4.69) is 75.5 Å². The van der Waals surface area contributed by atoms with Gasteiger partial charge in [0.15, 0.2) is 0 Å². The van der Waals surface area contributed by atoms with E-state index in [-0.39, 0.29) is 0 Å². The predicted molar refractivity (Wildman–Crippen MR) is 140 cm³/mol. The lowest BCUT2D eigenvalue weighted by Crippen LogP contribution is -2.47. The van der Waals surface area contributed by atoms with Gasteiger partial charge in [-0.2, -0.15) is 0 Å². The van der Waals surface area contributed by atoms with Crippen molar-refractivity contribution >= 4 is 11.4 Å². The summed E-state index contributed by atoms with van der Waals surface area (Å²) >= 11 is 0. The van der Waals surface area contributed by atoms with Crippen molar-refractivity contribution in [3.8, 4) is 5.75 Å². The van der Waals surface area contributed by atoms with E-state index in [0.29, 0.717) is 16.7 Å². The van der Waals surface area contributed by atoms with Crippen molar-refractivity contribution < 1.29 is 4.74 Å². The molecule has 1 saturated carbocycles. The summed E-state index contributed by atoms with van der Waals surface area (Å²) in [6.07, 6.45) is 7.81. The van der Waals surface area contributed by atoms with Crippen molar-refractivity contribution in [3.63, 3.8) is 0 Å². The van der Waals surface area contributed by atoms with Crippen molar-refractivity contribution in [1.29, 1.82) is 0 Å². The number of ether oxygens (including phenoxy) is 1. The van der Waals surface area contributed by atoms with Gasteiger partial charge in [-0.05, 0) is 60.6 Å². The first-order valence-corrected chi connectivity index (χ1v) is 12.9. The van der Waals surface area contributed by atoms with Crippen molar-refractivity contribution in [2.45, 2.75) is 79.1 Å². The number of benzene rings is 1. The van der Waals surface area contributed by atoms with Crippen molar-refractivity contribution in [3.05, 3.63) is 17.7 Å². The summed E-state index contributed by atoms with van der Waals surface area (Å²) in [5.41, 5.74) is 4.90. The van der Waals surface area contributed by atoms with Crippen LogP contribution in [-0.2, 0) is 0 Å². The second-order valence-electron chi connectivity index (χ2n) is 12.1. The van der Waals surface area contributed by atoms with E-state index < -0.39 is 0 Å². The average Bonchev–Trinajstić information content (AvgIpc) is 2.71. The molecule has 0 atom stereocenters. The molecule has 0 aromatic heterocycles. The normalized spacial score (nSPS) is 21.6. The third-order valence-corrected chi connectivity index (χ3v) is 7.60. The van der Waals surface area contributed by atoms with E-state index in [9.17, 15) is 0 Å². The Morgan fingerprint density at radius 1 is 0.969 bits per heavy atom. The zero-order chi connectivity index (χ0) is 23.5. The second kappa shape index (κ2) is 10.2. The minimum Gasteiger partial charge on any atom is -0.495 e. The number of anilines is 2. The molecule has 1 aliphatic carbocycles. The summed E-state index contributed by atoms with van der Waals surface area (Å²) in [6, 6.07) is 4.79. The summed E-state index contributed by atoms with van der Waals surface area (Å²) < 4.78 is 5.87. The maximum Gasteiger partial charge on any atom is 0.144 e. The minimum absolute atomic E-state index is 0.375. The summed E-state index contributed by atoms with van der Waals surface area (Å²) in [5, 5.41) is 0. The van der Waals surface area contributed by atoms with Crippen LogP contribution in [0.4, 0.5) is 11.4 Å². The largest absolute Gasteiger partial charge is 0.495 e. The highest BCUT2D eigenvalue weighted by molar-refractivity contribution is 5.70. The SMILES string of the molecule is CCCCCN1CCN(c2cc(OC)c(N(C)C)cc2C2CC(C)(C)CC(C)(C)C2)CC1. The molecule has 1 aromatic carbocycles. The molecule has 0 N–H and O–H groups in total. The number of rotatable bonds is 8. The van der Waals surface area contributed by atoms with Gasteiger partial charge in [-0.15, -0.1) is 0 Å². The van der Waals surface area contributed by atoms with Crippen LogP contribution >= 0.6 is 0 Å². The zero-order valence-electron chi connectivity index (χ0n) is 22.3. The molecule has 3 rings (SSSR count). The van der Waals surface area contributed by atoms with Crippen molar-refractivity contribution in [2.24, 2.45) is 10.8 Å². The number of piperazine rings is 1. The van der Waals surface area contributed by atoms with Crippen LogP contribution in [0, 0.1) is 10.8 Å². The molecule has 0 unspecified atom stereocenters. The summed E-state index contributed by atoms with van der Waals surface area (Å²) in [5.74, 6) is 1.59. The van der Waals surface area contributed by atoms with E-state index in [4.69, 9.17) is 4.74 Å². The number of nitrogens with zero attached hydrogens (tertiary/aromatic N) is 3. The standard InChI is InChI=1S/C28H49N3O/c1-9-10-11-12-30-13-15-31(16-14-30)24-18-26(32-8)25(29(6)7)17-23(24)22-19-27(2,3)21-28(4,5)20-22/h17-18,22H,9-16,19-21H2,1-8H3. The molecule has 32 heavy (non-hydrogen) atoms. The Balaban J connectivity index is 1.91. The monoisotopic (exact) mass is 443 g/mol. The fraction of sp³-hybridized carbons (Fsp3) is 0.786. The van der Waals surface area contributed by atoms with Crippen LogP contribution in [0.25, 0.3) is 0 Å². The molecule has 2 fully saturated rings. The quantitative estimate of drug-likeness (QED) is 0.433. The molecule has 1 aromatic rings. The molecule has 2 aliphatic rings. The number of hydrogen-bond donors (Lipinski definition) is 0. The highest BCUT2D eigenvalue weighted by Gasteiger charge is 2.40. The van der Waals surface area contributed by atoms with Gasteiger partial charge in [0.2, 0.25) is 0 Å². The maximum atomic E-state index is 5.87. The van der Waals surface area contributed by atoms with Crippen LogP contribution in [-0.4, -0.2) is 58.8 Å². The molecule has 182 valence electrons. The van der Waals surface area contributed by atoms with Crippen LogP contribution in [0.3, 0.4) is 0 Å². The molecule has 0 spiro atoms. The molecule has 4 heteroatoms. The maximum absolute atomic E-state index is 5.87. The van der Waals surface area contributed by atoms with Crippen molar-refractivity contribution in [1.82, 2.24) is 4.90 Å². The lowest BCUT2D eigenvalue weighted by Gasteiger charge is -2.46. The van der Waals surface area contributed by atoms with Crippen LogP contribution in [0.5, 0.6) is 5.75 Å². The highest BCUT2D eigenvalue weighted by Crippen LogP contribution is 2.54. The van der Waals surface area contributed by atoms with Gasteiger partial charge in [0, 0.05) is 52.0 Å². The van der Waals surface area contributed by atoms with Gasteiger partial charge in [-0.25, -0.2) is 0 Å². The van der Waals surface area contributed by atoms with Gasteiger partial charge < -0.3 is 14.5 Å². The third kappa shape index (κ3) is 6.12. The Kier molecular flexibility index (Phi) is 8.06. The average molecular weight is 444 g/mol. The molecule has 1 aliphatic heterocycles. The fourth-order valence-corrected chi connectivity index (χ4v) is 6.55. The topological polar surface area (TPSA) is 19.0 Å². The highest BCUT2D eigenvalue weighted by atomic mass is 16.5. The number of hydrogen-bond acceptors (Lipinski definition) is 4. The van der Waals surface area contributed by atoms with Crippen LogP contribution in [0.2, 0.25) is 0 Å². The summed E-state index contributed by atoms with van der Waals surface area (Å²) in [4.78, 5) is 7.50. The van der Waals surface area contributed by atoms with Crippen molar-refractivity contribution in [2.75, 3.05) is 63.7 Å². The Morgan fingerprint density at radius 3 is 2.12 bits per heavy atom. The Labute approximate surface area is 198 Å². The molecule has 0 amide bonds. The molecule has 4 nitrogen and oxygen atoms in total. The van der Waals surface area contributed by atoms with Gasteiger partial charge in [0.25, 0.3) is 0 Å². The first-order valence-electron chi connectivity index (χ1n) is 12.9. The van der Waals surface area contributed by atoms with E-state index in [1.807, 2.05) is 7.11 Å². The molecule has 0 radical (unpaired) electrons. The Bertz CT molecular complexity index is 731. The van der Waals surface area contributed by atoms with E-state index in [1.165, 1.54) is 75.1 Å². The molecule has 0 bridgehead atoms. The first kappa shape index (κ1) is 25.2. The van der Waals surface area contributed by atoms with Crippen LogP contribution < -0.4 is 14.5 Å². The van der Waals surface area contributed by atoms with Gasteiger partial charge in [-0.1, -0.05) is 47.5 Å². The predicted octanol–water partition coefficient (Wildman–Crippen LogP) is 6.39. The van der Waals surface area contributed by atoms with E-state index in [1.54, 1.807) is 0 Å². The second-order valence-corrected chi connectivity index (χ2v) is 12.1. The lowest BCUT2D eigenvalue weighted by atomic mass is 9.60. The first-order chi connectivity index (χ1) is 15.0. The van der Waals surface area contributed by atoms with E-state index in [0.717, 1.165) is 18.8 Å². The van der Waals surface area contributed by atoms with Gasteiger partial charge in [-0.3, -0.25) is 4.90 Å². The molecular formula is C28H49N3O. The van der Waals surface area contributed by atoms with Crippen LogP contribution in [0.1, 0.15) is 84.6 Å². The van der Waals surface area contributed by atoms with E-state index >= 15 is 0 Å². The number of unbranched alkanes of at least 4 members (excludes halogenated alkanes) is 2. The van der Waals surface area contributed by atoms with Gasteiger partial charge in [0.05, 0.1) is 12.8 Å². The van der Waals surface area contributed by atoms with Crippen LogP contribution in [0.15, 0.2) is 12.1 Å². The molecule has 1 saturated heterocycles. The minimum atomic E-state index is 0.375. The molecule has 1 heterocycles. The number of methoxy groups -OCH3 is 1. The van der Waals surface area contributed by atoms with Gasteiger partial charge in [0.1, 0.15) is 5.75 Å².